The molecule has 112 valence electrons. The highest BCUT2D eigenvalue weighted by atomic mass is 35.5. The lowest BCUT2D eigenvalue weighted by molar-refractivity contribution is -0.139. The van der Waals surface area contributed by atoms with Gasteiger partial charge in [0.05, 0.1) is 5.54 Å². The fourth-order valence-corrected chi connectivity index (χ4v) is 3.51. The lowest BCUT2D eigenvalue weighted by atomic mass is 9.85. The van der Waals surface area contributed by atoms with Crippen LogP contribution in [0.5, 0.6) is 0 Å². The number of hydrogen-bond acceptors (Lipinski definition) is 2. The minimum Gasteiger partial charge on any atom is -0.341 e. The van der Waals surface area contributed by atoms with E-state index in [0.717, 1.165) is 50.7 Å². The molecule has 1 N–H and O–H groups in total. The molecule has 2 heterocycles. The van der Waals surface area contributed by atoms with Gasteiger partial charge < -0.3 is 10.2 Å². The zero-order valence-electron chi connectivity index (χ0n) is 12.6. The Morgan fingerprint density at radius 1 is 1.37 bits per heavy atom. The number of rotatable bonds is 3. The minimum atomic E-state index is -0.231. The van der Waals surface area contributed by atoms with Crippen LogP contribution < -0.4 is 5.32 Å². The fourth-order valence-electron chi connectivity index (χ4n) is 3.51. The van der Waals surface area contributed by atoms with Crippen LogP contribution in [-0.2, 0) is 4.79 Å². The van der Waals surface area contributed by atoms with Crippen LogP contribution in [0.25, 0.3) is 0 Å². The summed E-state index contributed by atoms with van der Waals surface area (Å²) in [5, 5.41) is 3.46. The predicted octanol–water partition coefficient (Wildman–Crippen LogP) is 2.84. The maximum atomic E-state index is 12.7. The molecule has 1 unspecified atom stereocenters. The molecule has 0 aromatic carbocycles. The summed E-state index contributed by atoms with van der Waals surface area (Å²) in [5.74, 6) is 1.93. The topological polar surface area (TPSA) is 32.3 Å². The first-order valence-corrected chi connectivity index (χ1v) is 7.63. The van der Waals surface area contributed by atoms with Crippen molar-refractivity contribution in [3.63, 3.8) is 0 Å². The number of piperidine rings is 1. The van der Waals surface area contributed by atoms with E-state index in [0.29, 0.717) is 5.91 Å². The zero-order valence-corrected chi connectivity index (χ0v) is 13.4. The van der Waals surface area contributed by atoms with Crippen molar-refractivity contribution >= 4 is 18.3 Å². The van der Waals surface area contributed by atoms with Gasteiger partial charge >= 0.3 is 0 Å². The maximum Gasteiger partial charge on any atom is 0.242 e. The van der Waals surface area contributed by atoms with Gasteiger partial charge in [-0.25, -0.2) is 0 Å². The molecule has 2 rings (SSSR count). The Morgan fingerprint density at radius 3 is 2.42 bits per heavy atom. The Hall–Kier alpha value is -0.280. The predicted molar refractivity (Wildman–Crippen MR) is 81.6 cm³/mol. The standard InChI is InChI=1S/C15H28N2O.ClH/c1-4-15(8-5-9-16-15)14(18)17-10-6-13(7-11-17)12(2)3;/h12-13,16H,4-11H2,1-3H3;1H. The summed E-state index contributed by atoms with van der Waals surface area (Å²) < 4.78 is 0. The van der Waals surface area contributed by atoms with Gasteiger partial charge in [0.2, 0.25) is 5.91 Å². The van der Waals surface area contributed by atoms with Gasteiger partial charge in [-0.2, -0.15) is 0 Å². The highest BCUT2D eigenvalue weighted by Crippen LogP contribution is 2.29. The summed E-state index contributed by atoms with van der Waals surface area (Å²) in [6.45, 7) is 9.66. The van der Waals surface area contributed by atoms with Crippen LogP contribution in [0.4, 0.5) is 0 Å². The Bertz CT molecular complexity index is 293. The van der Waals surface area contributed by atoms with Gasteiger partial charge in [-0.05, 0) is 50.5 Å². The number of amides is 1. The quantitative estimate of drug-likeness (QED) is 0.866. The molecule has 0 spiro atoms. The highest BCUT2D eigenvalue weighted by molar-refractivity contribution is 5.86. The van der Waals surface area contributed by atoms with E-state index in [4.69, 9.17) is 0 Å². The van der Waals surface area contributed by atoms with Gasteiger partial charge in [0, 0.05) is 13.1 Å². The molecule has 0 aromatic rings. The van der Waals surface area contributed by atoms with E-state index in [1.807, 2.05) is 0 Å². The Balaban J connectivity index is 0.00000180. The monoisotopic (exact) mass is 288 g/mol. The zero-order chi connectivity index (χ0) is 13.2. The van der Waals surface area contributed by atoms with Gasteiger partial charge in [-0.15, -0.1) is 12.4 Å². The largest absolute Gasteiger partial charge is 0.341 e. The number of halogens is 1. The molecule has 2 aliphatic rings. The lowest BCUT2D eigenvalue weighted by Gasteiger charge is -2.39. The molecule has 3 nitrogen and oxygen atoms in total. The Labute approximate surface area is 123 Å². The smallest absolute Gasteiger partial charge is 0.242 e. The second kappa shape index (κ2) is 6.94. The number of carbonyl (C=O) groups excluding carboxylic acids is 1. The van der Waals surface area contributed by atoms with Crippen molar-refractivity contribution < 1.29 is 4.79 Å². The van der Waals surface area contributed by atoms with Crippen molar-refractivity contribution in [3.05, 3.63) is 0 Å². The summed E-state index contributed by atoms with van der Waals surface area (Å²) in [4.78, 5) is 14.8. The number of nitrogens with zero attached hydrogens (tertiary/aromatic N) is 1. The molecular formula is C15H29ClN2O. The second-order valence-corrected chi connectivity index (χ2v) is 6.34. The summed E-state index contributed by atoms with van der Waals surface area (Å²) in [6.07, 6.45) is 5.46. The molecule has 1 atom stereocenters. The van der Waals surface area contributed by atoms with Crippen LogP contribution in [-0.4, -0.2) is 36.0 Å². The molecule has 1 amide bonds. The minimum absolute atomic E-state index is 0. The van der Waals surface area contributed by atoms with Crippen LogP contribution in [0.3, 0.4) is 0 Å². The molecule has 2 aliphatic heterocycles. The van der Waals surface area contributed by atoms with Gasteiger partial charge in [0.25, 0.3) is 0 Å². The third-order valence-electron chi connectivity index (χ3n) is 5.03. The third-order valence-corrected chi connectivity index (χ3v) is 5.03. The summed E-state index contributed by atoms with van der Waals surface area (Å²) in [7, 11) is 0. The van der Waals surface area contributed by atoms with Crippen molar-refractivity contribution in [2.45, 2.75) is 58.4 Å². The van der Waals surface area contributed by atoms with E-state index >= 15 is 0 Å². The summed E-state index contributed by atoms with van der Waals surface area (Å²) in [5.41, 5.74) is -0.231. The molecule has 4 heteroatoms. The van der Waals surface area contributed by atoms with E-state index in [1.54, 1.807) is 0 Å². The van der Waals surface area contributed by atoms with Gasteiger partial charge in [-0.3, -0.25) is 4.79 Å². The number of hydrogen-bond donors (Lipinski definition) is 1. The van der Waals surface area contributed by atoms with Crippen molar-refractivity contribution in [2.24, 2.45) is 11.8 Å². The fraction of sp³-hybridized carbons (Fsp3) is 0.933. The molecule has 0 radical (unpaired) electrons. The van der Waals surface area contributed by atoms with Crippen LogP contribution >= 0.6 is 12.4 Å². The Kier molecular flexibility index (Phi) is 6.13. The molecule has 0 aromatic heterocycles. The van der Waals surface area contributed by atoms with Crippen molar-refractivity contribution in [3.8, 4) is 0 Å². The first-order chi connectivity index (χ1) is 8.59. The average Bonchev–Trinajstić information content (AvgIpc) is 2.88. The van der Waals surface area contributed by atoms with Crippen molar-refractivity contribution in [1.29, 1.82) is 0 Å². The summed E-state index contributed by atoms with van der Waals surface area (Å²) in [6, 6.07) is 0. The van der Waals surface area contributed by atoms with Crippen LogP contribution in [0.2, 0.25) is 0 Å². The number of likely N-dealkylation sites (tertiary alicyclic amines) is 1. The molecular weight excluding hydrogens is 260 g/mol. The normalized spacial score (nSPS) is 28.5. The molecule has 19 heavy (non-hydrogen) atoms. The maximum absolute atomic E-state index is 12.7. The van der Waals surface area contributed by atoms with Gasteiger partial charge in [0.15, 0.2) is 0 Å². The molecule has 2 fully saturated rings. The van der Waals surface area contributed by atoms with E-state index in [-0.39, 0.29) is 17.9 Å². The average molecular weight is 289 g/mol. The number of nitrogens with one attached hydrogen (secondary N) is 1. The third kappa shape index (κ3) is 3.43. The van der Waals surface area contributed by atoms with Gasteiger partial charge in [-0.1, -0.05) is 20.8 Å². The lowest BCUT2D eigenvalue weighted by Crippen LogP contribution is -2.56. The highest BCUT2D eigenvalue weighted by Gasteiger charge is 2.42. The first-order valence-electron chi connectivity index (χ1n) is 7.63. The first kappa shape index (κ1) is 16.8. The SMILES string of the molecule is CCC1(C(=O)N2CCC(C(C)C)CC2)CCCN1.Cl. The van der Waals surface area contributed by atoms with Crippen LogP contribution in [0.15, 0.2) is 0 Å². The van der Waals surface area contributed by atoms with E-state index in [1.165, 1.54) is 12.8 Å². The molecule has 2 saturated heterocycles. The Morgan fingerprint density at radius 2 is 2.00 bits per heavy atom. The molecule has 0 saturated carbocycles. The molecule has 0 aliphatic carbocycles. The number of carbonyl (C=O) groups is 1. The molecule has 0 bridgehead atoms. The van der Waals surface area contributed by atoms with E-state index < -0.39 is 0 Å². The van der Waals surface area contributed by atoms with Crippen molar-refractivity contribution in [1.82, 2.24) is 10.2 Å². The van der Waals surface area contributed by atoms with Crippen LogP contribution in [0.1, 0.15) is 52.9 Å². The van der Waals surface area contributed by atoms with E-state index in [9.17, 15) is 4.79 Å². The van der Waals surface area contributed by atoms with Gasteiger partial charge in [0.1, 0.15) is 0 Å². The van der Waals surface area contributed by atoms with E-state index in [2.05, 4.69) is 31.0 Å². The van der Waals surface area contributed by atoms with Crippen LogP contribution in [0, 0.1) is 11.8 Å². The van der Waals surface area contributed by atoms with Crippen molar-refractivity contribution in [2.75, 3.05) is 19.6 Å². The summed E-state index contributed by atoms with van der Waals surface area (Å²) >= 11 is 0. The second-order valence-electron chi connectivity index (χ2n) is 6.34.